The molecule has 2 unspecified atom stereocenters. The summed E-state index contributed by atoms with van der Waals surface area (Å²) in [7, 11) is 0. The molecule has 0 spiro atoms. The second-order valence-corrected chi connectivity index (χ2v) is 6.21. The summed E-state index contributed by atoms with van der Waals surface area (Å²) in [4.78, 5) is 0. The third-order valence-electron chi connectivity index (χ3n) is 4.02. The van der Waals surface area contributed by atoms with Crippen LogP contribution in [0.4, 0.5) is 0 Å². The van der Waals surface area contributed by atoms with Gasteiger partial charge in [0.2, 0.25) is 0 Å². The maximum absolute atomic E-state index is 6.17. The fraction of sp³-hybridized carbons (Fsp3) is 1.00. The molecule has 108 valence electrons. The summed E-state index contributed by atoms with van der Waals surface area (Å²) in [5.41, 5.74) is 0. The van der Waals surface area contributed by atoms with Crippen LogP contribution >= 0.6 is 0 Å². The maximum Gasteiger partial charge on any atom is 0.0722 e. The minimum atomic E-state index is 0.390. The van der Waals surface area contributed by atoms with Crippen molar-refractivity contribution in [2.45, 2.75) is 78.4 Å². The molecule has 0 bridgehead atoms. The Morgan fingerprint density at radius 1 is 1.22 bits per heavy atom. The van der Waals surface area contributed by atoms with Crippen LogP contribution in [0.5, 0.6) is 0 Å². The van der Waals surface area contributed by atoms with Crippen molar-refractivity contribution in [2.75, 3.05) is 13.2 Å². The van der Waals surface area contributed by atoms with Crippen molar-refractivity contribution in [3.05, 3.63) is 0 Å². The lowest BCUT2D eigenvalue weighted by Crippen LogP contribution is -2.35. The number of nitrogens with one attached hydrogen (secondary N) is 1. The summed E-state index contributed by atoms with van der Waals surface area (Å²) < 4.78 is 6.17. The van der Waals surface area contributed by atoms with E-state index in [4.69, 9.17) is 4.74 Å². The fourth-order valence-electron chi connectivity index (χ4n) is 2.22. The van der Waals surface area contributed by atoms with Crippen LogP contribution in [0, 0.1) is 11.8 Å². The number of hydrogen-bond acceptors (Lipinski definition) is 2. The summed E-state index contributed by atoms with van der Waals surface area (Å²) in [6.07, 6.45) is 8.33. The van der Waals surface area contributed by atoms with Gasteiger partial charge in [-0.25, -0.2) is 0 Å². The quantitative estimate of drug-likeness (QED) is 0.602. The average molecular weight is 255 g/mol. The van der Waals surface area contributed by atoms with E-state index in [1.807, 2.05) is 0 Å². The summed E-state index contributed by atoms with van der Waals surface area (Å²) >= 11 is 0. The second kappa shape index (κ2) is 8.92. The van der Waals surface area contributed by atoms with Crippen LogP contribution in [0.2, 0.25) is 0 Å². The third-order valence-corrected chi connectivity index (χ3v) is 4.02. The zero-order chi connectivity index (χ0) is 13.4. The molecule has 18 heavy (non-hydrogen) atoms. The Bertz CT molecular complexity index is 201. The molecule has 1 aliphatic rings. The van der Waals surface area contributed by atoms with Crippen LogP contribution in [-0.4, -0.2) is 25.3 Å². The van der Waals surface area contributed by atoms with Gasteiger partial charge in [0.15, 0.2) is 0 Å². The molecule has 1 saturated carbocycles. The number of unbranched alkanes of at least 4 members (excludes halogenated alkanes) is 1. The van der Waals surface area contributed by atoms with Gasteiger partial charge in [0.1, 0.15) is 0 Å². The van der Waals surface area contributed by atoms with Crippen LogP contribution in [0.25, 0.3) is 0 Å². The predicted molar refractivity (Wildman–Crippen MR) is 78.9 cm³/mol. The highest BCUT2D eigenvalue weighted by molar-refractivity contribution is 4.82. The molecule has 0 aromatic rings. The number of rotatable bonds is 11. The van der Waals surface area contributed by atoms with Gasteiger partial charge in [-0.15, -0.1) is 0 Å². The van der Waals surface area contributed by atoms with E-state index in [0.29, 0.717) is 12.0 Å². The predicted octanol–water partition coefficient (Wildman–Crippen LogP) is 4.00. The lowest BCUT2D eigenvalue weighted by molar-refractivity contribution is 0.0000637. The van der Waals surface area contributed by atoms with Crippen LogP contribution < -0.4 is 5.32 Å². The van der Waals surface area contributed by atoms with Crippen molar-refractivity contribution in [1.82, 2.24) is 5.32 Å². The molecule has 1 N–H and O–H groups in total. The largest absolute Gasteiger partial charge is 0.376 e. The Balaban J connectivity index is 2.20. The van der Waals surface area contributed by atoms with E-state index < -0.39 is 0 Å². The molecule has 0 saturated heterocycles. The van der Waals surface area contributed by atoms with E-state index in [-0.39, 0.29) is 0 Å². The fourth-order valence-corrected chi connectivity index (χ4v) is 2.22. The van der Waals surface area contributed by atoms with Crippen molar-refractivity contribution in [1.29, 1.82) is 0 Å². The van der Waals surface area contributed by atoms with Gasteiger partial charge in [-0.2, -0.15) is 0 Å². The summed E-state index contributed by atoms with van der Waals surface area (Å²) in [5.74, 6) is 1.37. The van der Waals surface area contributed by atoms with Crippen molar-refractivity contribution < 1.29 is 4.74 Å². The van der Waals surface area contributed by atoms with Gasteiger partial charge >= 0.3 is 0 Å². The monoisotopic (exact) mass is 255 g/mol. The minimum Gasteiger partial charge on any atom is -0.376 e. The molecule has 0 aromatic carbocycles. The smallest absolute Gasteiger partial charge is 0.0722 e. The lowest BCUT2D eigenvalue weighted by Gasteiger charge is -2.25. The van der Waals surface area contributed by atoms with Crippen molar-refractivity contribution in [2.24, 2.45) is 11.8 Å². The Morgan fingerprint density at radius 3 is 2.44 bits per heavy atom. The molecule has 0 aromatic heterocycles. The van der Waals surface area contributed by atoms with E-state index >= 15 is 0 Å². The maximum atomic E-state index is 6.17. The lowest BCUT2D eigenvalue weighted by atomic mass is 10.00. The topological polar surface area (TPSA) is 21.3 Å². The highest BCUT2D eigenvalue weighted by atomic mass is 16.5. The van der Waals surface area contributed by atoms with Gasteiger partial charge < -0.3 is 10.1 Å². The zero-order valence-electron chi connectivity index (χ0n) is 12.9. The molecule has 1 fully saturated rings. The molecule has 0 aliphatic heterocycles. The van der Waals surface area contributed by atoms with E-state index in [9.17, 15) is 0 Å². The molecule has 0 heterocycles. The van der Waals surface area contributed by atoms with Crippen molar-refractivity contribution >= 4 is 0 Å². The van der Waals surface area contributed by atoms with Gasteiger partial charge in [-0.3, -0.25) is 0 Å². The van der Waals surface area contributed by atoms with Gasteiger partial charge in [0.05, 0.1) is 6.10 Å². The summed E-state index contributed by atoms with van der Waals surface area (Å²) in [6.45, 7) is 11.1. The van der Waals surface area contributed by atoms with E-state index in [1.54, 1.807) is 0 Å². The van der Waals surface area contributed by atoms with E-state index in [1.165, 1.54) is 38.5 Å². The van der Waals surface area contributed by atoms with Gasteiger partial charge in [0, 0.05) is 19.2 Å². The van der Waals surface area contributed by atoms with Gasteiger partial charge in [0.25, 0.3) is 0 Å². The Kier molecular flexibility index (Phi) is 7.92. The summed E-state index contributed by atoms with van der Waals surface area (Å²) in [5, 5.41) is 3.60. The summed E-state index contributed by atoms with van der Waals surface area (Å²) in [6, 6.07) is 0.789. The van der Waals surface area contributed by atoms with Crippen LogP contribution in [0.1, 0.15) is 66.2 Å². The first kappa shape index (κ1) is 16.0. The van der Waals surface area contributed by atoms with E-state index in [2.05, 4.69) is 33.0 Å². The first-order valence-corrected chi connectivity index (χ1v) is 8.02. The van der Waals surface area contributed by atoms with Gasteiger partial charge in [-0.05, 0) is 31.1 Å². The molecule has 0 amide bonds. The van der Waals surface area contributed by atoms with Crippen LogP contribution in [0.15, 0.2) is 0 Å². The SMILES string of the molecule is CCCCC(CC)COC(CNC1CC1)C(C)C. The Morgan fingerprint density at radius 2 is 1.94 bits per heavy atom. The molecule has 1 aliphatic carbocycles. The molecule has 2 nitrogen and oxygen atoms in total. The molecular weight excluding hydrogens is 222 g/mol. The molecule has 0 radical (unpaired) electrons. The standard InChI is InChI=1S/C16H33NO/c1-5-7-8-14(6-2)12-18-16(13(3)4)11-17-15-9-10-15/h13-17H,5-12H2,1-4H3. The molecule has 1 rings (SSSR count). The Hall–Kier alpha value is -0.0800. The highest BCUT2D eigenvalue weighted by Crippen LogP contribution is 2.20. The number of hydrogen-bond donors (Lipinski definition) is 1. The average Bonchev–Trinajstić information content (AvgIpc) is 3.16. The van der Waals surface area contributed by atoms with Crippen molar-refractivity contribution in [3.63, 3.8) is 0 Å². The van der Waals surface area contributed by atoms with E-state index in [0.717, 1.165) is 25.1 Å². The second-order valence-electron chi connectivity index (χ2n) is 6.21. The molecule has 2 atom stereocenters. The minimum absolute atomic E-state index is 0.390. The third kappa shape index (κ3) is 6.75. The highest BCUT2D eigenvalue weighted by Gasteiger charge is 2.23. The Labute approximate surface area is 114 Å². The number of ether oxygens (including phenoxy) is 1. The normalized spacial score (nSPS) is 19.2. The first-order valence-electron chi connectivity index (χ1n) is 8.02. The first-order chi connectivity index (χ1) is 8.67. The van der Waals surface area contributed by atoms with Crippen molar-refractivity contribution in [3.8, 4) is 0 Å². The van der Waals surface area contributed by atoms with Gasteiger partial charge in [-0.1, -0.05) is 47.0 Å². The zero-order valence-corrected chi connectivity index (χ0v) is 12.9. The molecule has 2 heteroatoms. The molecular formula is C16H33NO. The van der Waals surface area contributed by atoms with Crippen LogP contribution in [-0.2, 0) is 4.74 Å². The van der Waals surface area contributed by atoms with Crippen LogP contribution in [0.3, 0.4) is 0 Å².